The van der Waals surface area contributed by atoms with Gasteiger partial charge in [-0.1, -0.05) is 36.4 Å². The van der Waals surface area contributed by atoms with Crippen LogP contribution in [0.4, 0.5) is 0 Å². The van der Waals surface area contributed by atoms with Gasteiger partial charge in [0.05, 0.1) is 13.1 Å². The normalized spacial score (nSPS) is 17.6. The minimum absolute atomic E-state index is 0.427. The number of ether oxygens (including phenoxy) is 1. The van der Waals surface area contributed by atoms with E-state index in [1.807, 2.05) is 24.3 Å². The predicted octanol–water partition coefficient (Wildman–Crippen LogP) is 2.16. The van der Waals surface area contributed by atoms with Crippen LogP contribution in [0.3, 0.4) is 0 Å². The van der Waals surface area contributed by atoms with Gasteiger partial charge in [-0.05, 0) is 18.4 Å². The first-order valence-electron chi connectivity index (χ1n) is 6.98. The van der Waals surface area contributed by atoms with Crippen molar-refractivity contribution in [1.29, 1.82) is 0 Å². The van der Waals surface area contributed by atoms with Crippen LogP contribution in [0.5, 0.6) is 5.75 Å². The highest BCUT2D eigenvalue weighted by atomic mass is 16.5. The zero-order valence-electron chi connectivity index (χ0n) is 11.6. The molecular weight excluding hydrogens is 250 g/mol. The first-order chi connectivity index (χ1) is 9.83. The van der Waals surface area contributed by atoms with E-state index in [1.54, 1.807) is 0 Å². The quantitative estimate of drug-likeness (QED) is 0.836. The molecule has 20 heavy (non-hydrogen) atoms. The van der Waals surface area contributed by atoms with Crippen LogP contribution in [0.15, 0.2) is 47.5 Å². The van der Waals surface area contributed by atoms with Crippen molar-refractivity contribution in [1.82, 2.24) is 10.6 Å². The summed E-state index contributed by atoms with van der Waals surface area (Å²) < 4.78 is 5.86. The Morgan fingerprint density at radius 2 is 2.10 bits per heavy atom. The molecule has 0 aliphatic carbocycles. The fraction of sp³-hybridized carbons (Fsp3) is 0.312. The Kier molecular flexibility index (Phi) is 3.72. The van der Waals surface area contributed by atoms with Crippen molar-refractivity contribution in [3.8, 4) is 5.75 Å². The molecule has 4 nitrogen and oxygen atoms in total. The highest BCUT2D eigenvalue weighted by Gasteiger charge is 2.11. The molecule has 1 heterocycles. The van der Waals surface area contributed by atoms with Crippen molar-refractivity contribution in [3.63, 3.8) is 0 Å². The first kappa shape index (κ1) is 12.8. The Morgan fingerprint density at radius 3 is 2.95 bits per heavy atom. The molecule has 104 valence electrons. The van der Waals surface area contributed by atoms with Gasteiger partial charge >= 0.3 is 0 Å². The second-order valence-corrected chi connectivity index (χ2v) is 4.99. The first-order valence-corrected chi connectivity index (χ1v) is 6.98. The van der Waals surface area contributed by atoms with E-state index in [1.165, 1.54) is 5.39 Å². The van der Waals surface area contributed by atoms with Gasteiger partial charge in [0.1, 0.15) is 12.4 Å². The summed E-state index contributed by atoms with van der Waals surface area (Å²) in [4.78, 5) is 4.35. The van der Waals surface area contributed by atoms with E-state index in [4.69, 9.17) is 4.74 Å². The summed E-state index contributed by atoms with van der Waals surface area (Å²) in [6.07, 6.45) is 0. The summed E-state index contributed by atoms with van der Waals surface area (Å²) >= 11 is 0. The number of guanidine groups is 1. The molecule has 0 saturated heterocycles. The lowest BCUT2D eigenvalue weighted by atomic mass is 10.1. The molecule has 1 aliphatic heterocycles. The van der Waals surface area contributed by atoms with Crippen molar-refractivity contribution in [2.24, 2.45) is 4.99 Å². The summed E-state index contributed by atoms with van der Waals surface area (Å²) in [6, 6.07) is 14.8. The number of benzene rings is 2. The van der Waals surface area contributed by atoms with Crippen LogP contribution in [0.25, 0.3) is 10.8 Å². The van der Waals surface area contributed by atoms with Crippen LogP contribution in [0.1, 0.15) is 6.92 Å². The molecule has 1 atom stereocenters. The van der Waals surface area contributed by atoms with E-state index in [0.717, 1.165) is 30.2 Å². The van der Waals surface area contributed by atoms with Gasteiger partial charge in [0.25, 0.3) is 0 Å². The molecule has 1 unspecified atom stereocenters. The number of hydrogen-bond donors (Lipinski definition) is 2. The largest absolute Gasteiger partial charge is 0.491 e. The standard InChI is InChI=1S/C16H19N3O/c1-12-11-18-16(19-12)17-9-10-20-15-8-4-6-13-5-2-3-7-14(13)15/h2-8,12H,9-11H2,1H3,(H2,17,18,19). The summed E-state index contributed by atoms with van der Waals surface area (Å²) in [5, 5.41) is 8.86. The van der Waals surface area contributed by atoms with Gasteiger partial charge in [0.15, 0.2) is 5.96 Å². The summed E-state index contributed by atoms with van der Waals surface area (Å²) in [7, 11) is 0. The van der Waals surface area contributed by atoms with Crippen molar-refractivity contribution < 1.29 is 4.74 Å². The summed E-state index contributed by atoms with van der Waals surface area (Å²) in [6.45, 7) is 4.31. The Balaban J connectivity index is 1.55. The molecule has 0 radical (unpaired) electrons. The molecule has 0 fully saturated rings. The van der Waals surface area contributed by atoms with E-state index in [9.17, 15) is 0 Å². The van der Waals surface area contributed by atoms with Crippen LogP contribution >= 0.6 is 0 Å². The van der Waals surface area contributed by atoms with Gasteiger partial charge in [-0.2, -0.15) is 0 Å². The average Bonchev–Trinajstić information content (AvgIpc) is 2.89. The molecule has 2 N–H and O–H groups in total. The number of aliphatic imine (C=N–C) groups is 1. The Bertz CT molecular complexity index is 619. The lowest BCUT2D eigenvalue weighted by Crippen LogP contribution is -2.39. The fourth-order valence-corrected chi connectivity index (χ4v) is 2.31. The number of nitrogens with zero attached hydrogens (tertiary/aromatic N) is 1. The highest BCUT2D eigenvalue weighted by molar-refractivity contribution is 5.88. The summed E-state index contributed by atoms with van der Waals surface area (Å²) in [5.41, 5.74) is 0. The molecule has 2 aromatic rings. The third kappa shape index (κ3) is 2.85. The summed E-state index contributed by atoms with van der Waals surface area (Å²) in [5.74, 6) is 1.80. The minimum atomic E-state index is 0.427. The number of rotatable bonds is 4. The maximum absolute atomic E-state index is 5.86. The topological polar surface area (TPSA) is 45.7 Å². The minimum Gasteiger partial charge on any atom is -0.491 e. The van der Waals surface area contributed by atoms with Crippen LogP contribution in [0.2, 0.25) is 0 Å². The van der Waals surface area contributed by atoms with Crippen LogP contribution in [-0.4, -0.2) is 31.7 Å². The molecule has 0 aromatic heterocycles. The van der Waals surface area contributed by atoms with E-state index >= 15 is 0 Å². The van der Waals surface area contributed by atoms with Crippen LogP contribution in [-0.2, 0) is 0 Å². The Hall–Kier alpha value is -2.23. The zero-order chi connectivity index (χ0) is 13.8. The van der Waals surface area contributed by atoms with E-state index < -0.39 is 0 Å². The molecule has 0 amide bonds. The zero-order valence-corrected chi connectivity index (χ0v) is 11.6. The highest BCUT2D eigenvalue weighted by Crippen LogP contribution is 2.24. The van der Waals surface area contributed by atoms with Gasteiger partial charge in [-0.25, -0.2) is 0 Å². The molecule has 0 saturated carbocycles. The maximum Gasteiger partial charge on any atom is 0.191 e. The SMILES string of the molecule is CC1CN=C(NCCOc2cccc3ccccc23)N1. The molecule has 1 aliphatic rings. The van der Waals surface area contributed by atoms with Crippen molar-refractivity contribution in [2.75, 3.05) is 19.7 Å². The van der Waals surface area contributed by atoms with Gasteiger partial charge in [-0.15, -0.1) is 0 Å². The third-order valence-electron chi connectivity index (χ3n) is 3.31. The van der Waals surface area contributed by atoms with Gasteiger partial charge in [0, 0.05) is 11.4 Å². The Morgan fingerprint density at radius 1 is 1.25 bits per heavy atom. The molecule has 2 aromatic carbocycles. The number of fused-ring (bicyclic) bond motifs is 1. The predicted molar refractivity (Wildman–Crippen MR) is 82.3 cm³/mol. The average molecular weight is 269 g/mol. The second kappa shape index (κ2) is 5.82. The maximum atomic E-state index is 5.86. The second-order valence-electron chi connectivity index (χ2n) is 4.99. The number of nitrogens with one attached hydrogen (secondary N) is 2. The molecule has 0 spiro atoms. The third-order valence-corrected chi connectivity index (χ3v) is 3.31. The van der Waals surface area contributed by atoms with Gasteiger partial charge < -0.3 is 15.4 Å². The van der Waals surface area contributed by atoms with E-state index in [-0.39, 0.29) is 0 Å². The Labute approximate surface area is 118 Å². The van der Waals surface area contributed by atoms with Gasteiger partial charge in [0.2, 0.25) is 0 Å². The van der Waals surface area contributed by atoms with Crippen molar-refractivity contribution in [2.45, 2.75) is 13.0 Å². The van der Waals surface area contributed by atoms with Crippen molar-refractivity contribution in [3.05, 3.63) is 42.5 Å². The van der Waals surface area contributed by atoms with Crippen LogP contribution < -0.4 is 15.4 Å². The monoisotopic (exact) mass is 269 g/mol. The molecule has 3 rings (SSSR count). The number of hydrogen-bond acceptors (Lipinski definition) is 4. The lowest BCUT2D eigenvalue weighted by molar-refractivity contribution is 0.326. The van der Waals surface area contributed by atoms with Crippen LogP contribution in [0, 0.1) is 0 Å². The van der Waals surface area contributed by atoms with E-state index in [2.05, 4.69) is 40.7 Å². The molecule has 0 bridgehead atoms. The van der Waals surface area contributed by atoms with E-state index in [0.29, 0.717) is 12.6 Å². The van der Waals surface area contributed by atoms with Gasteiger partial charge in [-0.3, -0.25) is 4.99 Å². The molecular formula is C16H19N3O. The smallest absolute Gasteiger partial charge is 0.191 e. The van der Waals surface area contributed by atoms with Crippen molar-refractivity contribution >= 4 is 16.7 Å². The molecule has 4 heteroatoms. The lowest BCUT2D eigenvalue weighted by Gasteiger charge is -2.11. The fourth-order valence-electron chi connectivity index (χ4n) is 2.31.